The molecular formula is C14H19FO3. The molecule has 0 amide bonds. The standard InChI is InChI=1S/C14H19FO3/c1-10(15)12-8-13(14(16-2)18-12)17-9-11-6-4-3-5-7-11/h3-7,10,12-14H,8-9H2,1-2H3/t10-,12+,13-,14-/m0/s1. The second-order valence-electron chi connectivity index (χ2n) is 4.53. The van der Waals surface area contributed by atoms with Gasteiger partial charge in [-0.25, -0.2) is 4.39 Å². The fraction of sp³-hybridized carbons (Fsp3) is 0.571. The number of methoxy groups -OCH3 is 1. The number of hydrogen-bond donors (Lipinski definition) is 0. The topological polar surface area (TPSA) is 27.7 Å². The average Bonchev–Trinajstić information content (AvgIpc) is 2.81. The summed E-state index contributed by atoms with van der Waals surface area (Å²) in [5.74, 6) is 0. The lowest BCUT2D eigenvalue weighted by molar-refractivity contribution is -0.169. The summed E-state index contributed by atoms with van der Waals surface area (Å²) in [6.07, 6.45) is -1.60. The fourth-order valence-corrected chi connectivity index (χ4v) is 2.08. The van der Waals surface area contributed by atoms with Gasteiger partial charge in [0.05, 0.1) is 12.7 Å². The van der Waals surface area contributed by atoms with Gasteiger partial charge in [-0.15, -0.1) is 0 Å². The van der Waals surface area contributed by atoms with Crippen LogP contribution in [0.2, 0.25) is 0 Å². The zero-order valence-electron chi connectivity index (χ0n) is 10.7. The van der Waals surface area contributed by atoms with Crippen molar-refractivity contribution in [2.75, 3.05) is 7.11 Å². The van der Waals surface area contributed by atoms with Gasteiger partial charge in [-0.3, -0.25) is 0 Å². The zero-order valence-corrected chi connectivity index (χ0v) is 10.7. The molecular weight excluding hydrogens is 235 g/mol. The van der Waals surface area contributed by atoms with Crippen molar-refractivity contribution >= 4 is 0 Å². The first-order valence-corrected chi connectivity index (χ1v) is 6.18. The third-order valence-electron chi connectivity index (χ3n) is 3.13. The summed E-state index contributed by atoms with van der Waals surface area (Å²) in [6, 6.07) is 9.87. The highest BCUT2D eigenvalue weighted by molar-refractivity contribution is 5.13. The Kier molecular flexibility index (Phi) is 4.69. The number of rotatable bonds is 5. The first kappa shape index (κ1) is 13.5. The van der Waals surface area contributed by atoms with Gasteiger partial charge >= 0.3 is 0 Å². The van der Waals surface area contributed by atoms with Gasteiger partial charge < -0.3 is 14.2 Å². The first-order chi connectivity index (χ1) is 8.70. The number of benzene rings is 1. The molecule has 1 aliphatic heterocycles. The van der Waals surface area contributed by atoms with Crippen LogP contribution in [-0.4, -0.2) is 31.8 Å². The minimum Gasteiger partial charge on any atom is -0.368 e. The quantitative estimate of drug-likeness (QED) is 0.808. The van der Waals surface area contributed by atoms with Crippen molar-refractivity contribution in [3.63, 3.8) is 0 Å². The minimum atomic E-state index is -1.01. The number of ether oxygens (including phenoxy) is 3. The monoisotopic (exact) mass is 254 g/mol. The van der Waals surface area contributed by atoms with E-state index in [1.54, 1.807) is 7.11 Å². The van der Waals surface area contributed by atoms with Gasteiger partial charge in [0, 0.05) is 13.5 Å². The van der Waals surface area contributed by atoms with Gasteiger partial charge in [0.1, 0.15) is 12.3 Å². The lowest BCUT2D eigenvalue weighted by Crippen LogP contribution is -2.26. The zero-order chi connectivity index (χ0) is 13.0. The molecule has 1 aromatic rings. The molecule has 3 nitrogen and oxygen atoms in total. The van der Waals surface area contributed by atoms with Crippen LogP contribution in [0.1, 0.15) is 18.9 Å². The molecule has 1 aliphatic rings. The molecule has 18 heavy (non-hydrogen) atoms. The minimum absolute atomic E-state index is 0.210. The summed E-state index contributed by atoms with van der Waals surface area (Å²) in [6.45, 7) is 1.99. The van der Waals surface area contributed by atoms with Crippen LogP contribution in [0.3, 0.4) is 0 Å². The van der Waals surface area contributed by atoms with Crippen molar-refractivity contribution in [1.29, 1.82) is 0 Å². The molecule has 0 aliphatic carbocycles. The van der Waals surface area contributed by atoms with Crippen LogP contribution in [0, 0.1) is 0 Å². The Morgan fingerprint density at radius 1 is 1.39 bits per heavy atom. The largest absolute Gasteiger partial charge is 0.368 e. The molecule has 4 heteroatoms. The van der Waals surface area contributed by atoms with E-state index in [0.717, 1.165) is 5.56 Å². The van der Waals surface area contributed by atoms with Crippen LogP contribution in [0.4, 0.5) is 4.39 Å². The van der Waals surface area contributed by atoms with Gasteiger partial charge in [-0.2, -0.15) is 0 Å². The molecule has 0 radical (unpaired) electrons. The lowest BCUT2D eigenvalue weighted by atomic mass is 10.1. The van der Waals surface area contributed by atoms with Gasteiger partial charge in [-0.05, 0) is 12.5 Å². The summed E-state index contributed by atoms with van der Waals surface area (Å²) in [4.78, 5) is 0. The van der Waals surface area contributed by atoms with E-state index < -0.39 is 18.6 Å². The van der Waals surface area contributed by atoms with E-state index in [1.807, 2.05) is 30.3 Å². The predicted molar refractivity (Wildman–Crippen MR) is 65.9 cm³/mol. The van der Waals surface area contributed by atoms with Crippen LogP contribution in [0.5, 0.6) is 0 Å². The molecule has 0 saturated carbocycles. The fourth-order valence-electron chi connectivity index (χ4n) is 2.08. The molecule has 2 rings (SSSR count). The Hall–Kier alpha value is -0.970. The number of alkyl halides is 1. The first-order valence-electron chi connectivity index (χ1n) is 6.18. The van der Waals surface area contributed by atoms with Crippen molar-refractivity contribution in [3.05, 3.63) is 35.9 Å². The van der Waals surface area contributed by atoms with E-state index in [-0.39, 0.29) is 6.10 Å². The predicted octanol–water partition coefficient (Wildman–Crippen LogP) is 2.69. The summed E-state index contributed by atoms with van der Waals surface area (Å²) < 4.78 is 29.6. The summed E-state index contributed by atoms with van der Waals surface area (Å²) in [7, 11) is 1.55. The molecule has 0 spiro atoms. The van der Waals surface area contributed by atoms with Crippen LogP contribution >= 0.6 is 0 Å². The molecule has 0 N–H and O–H groups in total. The maximum atomic E-state index is 13.2. The molecule has 1 heterocycles. The lowest BCUT2D eigenvalue weighted by Gasteiger charge is -2.17. The normalized spacial score (nSPS) is 29.4. The summed E-state index contributed by atoms with van der Waals surface area (Å²) in [5, 5.41) is 0. The van der Waals surface area contributed by atoms with E-state index in [4.69, 9.17) is 14.2 Å². The van der Waals surface area contributed by atoms with Gasteiger partial charge in [0.25, 0.3) is 0 Å². The molecule has 1 saturated heterocycles. The van der Waals surface area contributed by atoms with E-state index in [2.05, 4.69) is 0 Å². The van der Waals surface area contributed by atoms with E-state index in [1.165, 1.54) is 6.92 Å². The SMILES string of the molecule is CO[C@H]1O[C@@H]([C@H](C)F)C[C@@H]1OCc1ccccc1. The Bertz CT molecular complexity index is 355. The molecule has 0 aromatic heterocycles. The molecule has 1 aromatic carbocycles. The molecule has 100 valence electrons. The van der Waals surface area contributed by atoms with Gasteiger partial charge in [0.2, 0.25) is 0 Å². The highest BCUT2D eigenvalue weighted by Crippen LogP contribution is 2.27. The van der Waals surface area contributed by atoms with E-state index >= 15 is 0 Å². The summed E-state index contributed by atoms with van der Waals surface area (Å²) in [5.41, 5.74) is 1.09. The average molecular weight is 254 g/mol. The molecule has 0 bridgehead atoms. The molecule has 0 unspecified atom stereocenters. The third-order valence-corrected chi connectivity index (χ3v) is 3.13. The van der Waals surface area contributed by atoms with Crippen molar-refractivity contribution in [1.82, 2.24) is 0 Å². The second kappa shape index (κ2) is 6.27. The van der Waals surface area contributed by atoms with Gasteiger partial charge in [-0.1, -0.05) is 30.3 Å². The molecule has 4 atom stereocenters. The Balaban J connectivity index is 1.88. The van der Waals surface area contributed by atoms with Crippen LogP contribution < -0.4 is 0 Å². The van der Waals surface area contributed by atoms with Crippen molar-refractivity contribution in [3.8, 4) is 0 Å². The summed E-state index contributed by atoms with van der Waals surface area (Å²) >= 11 is 0. The smallest absolute Gasteiger partial charge is 0.183 e. The van der Waals surface area contributed by atoms with Gasteiger partial charge in [0.15, 0.2) is 6.29 Å². The Labute approximate surface area is 107 Å². The highest BCUT2D eigenvalue weighted by Gasteiger charge is 2.38. The maximum Gasteiger partial charge on any atom is 0.183 e. The highest BCUT2D eigenvalue weighted by atomic mass is 19.1. The van der Waals surface area contributed by atoms with Crippen molar-refractivity contribution in [2.24, 2.45) is 0 Å². The van der Waals surface area contributed by atoms with Crippen LogP contribution in [0.25, 0.3) is 0 Å². The third kappa shape index (κ3) is 3.28. The van der Waals surface area contributed by atoms with Crippen molar-refractivity contribution < 1.29 is 18.6 Å². The molecule has 1 fully saturated rings. The Morgan fingerprint density at radius 3 is 2.72 bits per heavy atom. The number of hydrogen-bond acceptors (Lipinski definition) is 3. The Morgan fingerprint density at radius 2 is 2.11 bits per heavy atom. The van der Waals surface area contributed by atoms with Crippen molar-refractivity contribution in [2.45, 2.75) is 44.6 Å². The second-order valence-corrected chi connectivity index (χ2v) is 4.53. The number of halogens is 1. The van der Waals surface area contributed by atoms with E-state index in [9.17, 15) is 4.39 Å². The van der Waals surface area contributed by atoms with E-state index in [0.29, 0.717) is 13.0 Å². The van der Waals surface area contributed by atoms with Crippen LogP contribution in [-0.2, 0) is 20.8 Å². The van der Waals surface area contributed by atoms with Crippen LogP contribution in [0.15, 0.2) is 30.3 Å². The maximum absolute atomic E-state index is 13.2.